The summed E-state index contributed by atoms with van der Waals surface area (Å²) in [5, 5.41) is 2.14. The molecule has 0 saturated carbocycles. The van der Waals surface area contributed by atoms with Gasteiger partial charge < -0.3 is 10.5 Å². The van der Waals surface area contributed by atoms with Crippen molar-refractivity contribution >= 4 is 10.8 Å². The molecule has 0 amide bonds. The van der Waals surface area contributed by atoms with Crippen LogP contribution < -0.4 is 10.5 Å². The first-order valence-corrected chi connectivity index (χ1v) is 7.01. The molecule has 0 aliphatic heterocycles. The van der Waals surface area contributed by atoms with Crippen LogP contribution in [0.15, 0.2) is 48.7 Å². The Morgan fingerprint density at radius 3 is 2.48 bits per heavy atom. The summed E-state index contributed by atoms with van der Waals surface area (Å²) in [6.45, 7) is 4.60. The first-order valence-electron chi connectivity index (χ1n) is 7.01. The van der Waals surface area contributed by atoms with E-state index < -0.39 is 0 Å². The van der Waals surface area contributed by atoms with Crippen molar-refractivity contribution in [3.05, 3.63) is 65.4 Å². The average molecular weight is 278 g/mol. The van der Waals surface area contributed by atoms with Crippen LogP contribution in [0, 0.1) is 13.8 Å². The largest absolute Gasteiger partial charge is 0.438 e. The van der Waals surface area contributed by atoms with Crippen molar-refractivity contribution in [1.29, 1.82) is 0 Å². The molecule has 106 valence electrons. The van der Waals surface area contributed by atoms with E-state index in [0.717, 1.165) is 33.2 Å². The Labute approximate surface area is 124 Å². The van der Waals surface area contributed by atoms with E-state index in [0.29, 0.717) is 12.4 Å². The van der Waals surface area contributed by atoms with Gasteiger partial charge in [-0.25, -0.2) is 4.98 Å². The normalized spacial score (nSPS) is 10.8. The molecule has 3 nitrogen and oxygen atoms in total. The Hall–Kier alpha value is -2.39. The zero-order valence-corrected chi connectivity index (χ0v) is 12.3. The standard InChI is InChI=1S/C18H18N2O/c1-12-9-14(11-19)10-13(2)17(12)21-18-16-6-4-3-5-15(16)7-8-20-18/h3-10H,11,19H2,1-2H3. The summed E-state index contributed by atoms with van der Waals surface area (Å²) in [5.41, 5.74) is 8.97. The maximum atomic E-state index is 6.10. The minimum Gasteiger partial charge on any atom is -0.438 e. The van der Waals surface area contributed by atoms with Crippen LogP contribution in [-0.4, -0.2) is 4.98 Å². The minimum absolute atomic E-state index is 0.536. The quantitative estimate of drug-likeness (QED) is 0.784. The highest BCUT2D eigenvalue weighted by Crippen LogP contribution is 2.32. The van der Waals surface area contributed by atoms with Crippen LogP contribution in [0.25, 0.3) is 10.8 Å². The number of benzene rings is 2. The molecule has 0 saturated heterocycles. The Balaban J connectivity index is 2.07. The maximum absolute atomic E-state index is 6.10. The number of pyridine rings is 1. The van der Waals surface area contributed by atoms with Gasteiger partial charge in [0.1, 0.15) is 5.75 Å². The highest BCUT2D eigenvalue weighted by Gasteiger charge is 2.10. The summed E-state index contributed by atoms with van der Waals surface area (Å²) < 4.78 is 6.10. The van der Waals surface area contributed by atoms with E-state index in [-0.39, 0.29) is 0 Å². The van der Waals surface area contributed by atoms with Crippen molar-refractivity contribution in [1.82, 2.24) is 4.98 Å². The highest BCUT2D eigenvalue weighted by molar-refractivity contribution is 5.86. The number of aromatic nitrogens is 1. The minimum atomic E-state index is 0.536. The third-order valence-corrected chi connectivity index (χ3v) is 3.59. The Morgan fingerprint density at radius 1 is 1.05 bits per heavy atom. The molecule has 3 rings (SSSR count). The first kappa shape index (κ1) is 13.6. The van der Waals surface area contributed by atoms with E-state index >= 15 is 0 Å². The van der Waals surface area contributed by atoms with Crippen molar-refractivity contribution < 1.29 is 4.74 Å². The van der Waals surface area contributed by atoms with E-state index in [1.807, 2.05) is 38.1 Å². The van der Waals surface area contributed by atoms with Gasteiger partial charge in [-0.05, 0) is 48.1 Å². The van der Waals surface area contributed by atoms with E-state index in [1.54, 1.807) is 6.20 Å². The summed E-state index contributed by atoms with van der Waals surface area (Å²) in [6.07, 6.45) is 1.77. The third-order valence-electron chi connectivity index (χ3n) is 3.59. The zero-order valence-electron chi connectivity index (χ0n) is 12.3. The van der Waals surface area contributed by atoms with Gasteiger partial charge in [-0.3, -0.25) is 0 Å². The molecule has 3 aromatic rings. The molecule has 0 aliphatic rings. The number of rotatable bonds is 3. The van der Waals surface area contributed by atoms with Crippen LogP contribution in [0.2, 0.25) is 0 Å². The van der Waals surface area contributed by atoms with Crippen LogP contribution >= 0.6 is 0 Å². The number of nitrogens with two attached hydrogens (primary N) is 1. The van der Waals surface area contributed by atoms with Crippen LogP contribution in [0.1, 0.15) is 16.7 Å². The fraction of sp³-hybridized carbons (Fsp3) is 0.167. The topological polar surface area (TPSA) is 48.1 Å². The Morgan fingerprint density at radius 2 is 1.76 bits per heavy atom. The molecule has 2 N–H and O–H groups in total. The van der Waals surface area contributed by atoms with Crippen molar-refractivity contribution in [2.24, 2.45) is 5.73 Å². The van der Waals surface area contributed by atoms with E-state index in [1.165, 1.54) is 0 Å². The maximum Gasteiger partial charge on any atom is 0.227 e. The van der Waals surface area contributed by atoms with Gasteiger partial charge in [0.05, 0.1) is 0 Å². The highest BCUT2D eigenvalue weighted by atomic mass is 16.5. The molecular weight excluding hydrogens is 260 g/mol. The van der Waals surface area contributed by atoms with Crippen LogP contribution in [-0.2, 0) is 6.54 Å². The summed E-state index contributed by atoms with van der Waals surface area (Å²) >= 11 is 0. The molecule has 3 heteroatoms. The van der Waals surface area contributed by atoms with E-state index in [4.69, 9.17) is 10.5 Å². The lowest BCUT2D eigenvalue weighted by atomic mass is 10.1. The fourth-order valence-electron chi connectivity index (χ4n) is 2.59. The van der Waals surface area contributed by atoms with Gasteiger partial charge in [0.15, 0.2) is 0 Å². The molecule has 0 radical (unpaired) electrons. The molecule has 0 atom stereocenters. The second-order valence-corrected chi connectivity index (χ2v) is 5.20. The average Bonchev–Trinajstić information content (AvgIpc) is 2.50. The Kier molecular flexibility index (Phi) is 3.59. The molecule has 0 unspecified atom stereocenters. The number of fused-ring (bicyclic) bond motifs is 1. The molecule has 0 aliphatic carbocycles. The number of hydrogen-bond acceptors (Lipinski definition) is 3. The summed E-state index contributed by atoms with van der Waals surface area (Å²) in [7, 11) is 0. The summed E-state index contributed by atoms with van der Waals surface area (Å²) in [4.78, 5) is 4.38. The van der Waals surface area contributed by atoms with Gasteiger partial charge in [0, 0.05) is 18.1 Å². The van der Waals surface area contributed by atoms with Gasteiger partial charge in [0.25, 0.3) is 0 Å². The molecule has 0 spiro atoms. The number of nitrogens with zero attached hydrogens (tertiary/aromatic N) is 1. The third kappa shape index (κ3) is 2.60. The molecule has 0 fully saturated rings. The Bertz CT molecular complexity index is 768. The SMILES string of the molecule is Cc1cc(CN)cc(C)c1Oc1nccc2ccccc12. The molecule has 21 heavy (non-hydrogen) atoms. The van der Waals surface area contributed by atoms with E-state index in [9.17, 15) is 0 Å². The molecular formula is C18H18N2O. The van der Waals surface area contributed by atoms with Crippen LogP contribution in [0.4, 0.5) is 0 Å². The molecule has 2 aromatic carbocycles. The lowest BCUT2D eigenvalue weighted by Gasteiger charge is -2.14. The lowest BCUT2D eigenvalue weighted by molar-refractivity contribution is 0.462. The predicted octanol–water partition coefficient (Wildman–Crippen LogP) is 4.10. The molecule has 1 heterocycles. The van der Waals surface area contributed by atoms with Crippen molar-refractivity contribution in [3.8, 4) is 11.6 Å². The fourth-order valence-corrected chi connectivity index (χ4v) is 2.59. The summed E-state index contributed by atoms with van der Waals surface area (Å²) in [6, 6.07) is 14.2. The van der Waals surface area contributed by atoms with Gasteiger partial charge in [-0.15, -0.1) is 0 Å². The van der Waals surface area contributed by atoms with E-state index in [2.05, 4.69) is 23.2 Å². The van der Waals surface area contributed by atoms with Crippen LogP contribution in [0.5, 0.6) is 11.6 Å². The van der Waals surface area contributed by atoms with Crippen LogP contribution in [0.3, 0.4) is 0 Å². The lowest BCUT2D eigenvalue weighted by Crippen LogP contribution is -2.00. The van der Waals surface area contributed by atoms with Gasteiger partial charge in [0.2, 0.25) is 5.88 Å². The van der Waals surface area contributed by atoms with Crippen molar-refractivity contribution in [3.63, 3.8) is 0 Å². The number of ether oxygens (including phenoxy) is 1. The second kappa shape index (κ2) is 5.54. The number of aryl methyl sites for hydroxylation is 2. The monoisotopic (exact) mass is 278 g/mol. The molecule has 0 bridgehead atoms. The van der Waals surface area contributed by atoms with Crippen molar-refractivity contribution in [2.45, 2.75) is 20.4 Å². The van der Waals surface area contributed by atoms with Gasteiger partial charge >= 0.3 is 0 Å². The predicted molar refractivity (Wildman–Crippen MR) is 85.6 cm³/mol. The van der Waals surface area contributed by atoms with Crippen molar-refractivity contribution in [2.75, 3.05) is 0 Å². The van der Waals surface area contributed by atoms with Gasteiger partial charge in [-0.2, -0.15) is 0 Å². The smallest absolute Gasteiger partial charge is 0.227 e. The molecule has 1 aromatic heterocycles. The second-order valence-electron chi connectivity index (χ2n) is 5.20. The summed E-state index contributed by atoms with van der Waals surface area (Å²) in [5.74, 6) is 1.50. The zero-order chi connectivity index (χ0) is 14.8. The van der Waals surface area contributed by atoms with Gasteiger partial charge in [-0.1, -0.05) is 30.3 Å². The first-order chi connectivity index (χ1) is 10.2. The number of hydrogen-bond donors (Lipinski definition) is 1.